The molecule has 0 aromatic heterocycles. The van der Waals surface area contributed by atoms with Crippen LogP contribution in [0, 0.1) is 11.8 Å². The lowest BCUT2D eigenvalue weighted by Gasteiger charge is -2.38. The molecule has 3 nitrogen and oxygen atoms in total. The van der Waals surface area contributed by atoms with Gasteiger partial charge in [-0.25, -0.2) is 12.8 Å². The van der Waals surface area contributed by atoms with E-state index in [1.807, 2.05) is 6.92 Å². The van der Waals surface area contributed by atoms with Crippen LogP contribution in [0.5, 0.6) is 0 Å². The van der Waals surface area contributed by atoms with Crippen molar-refractivity contribution >= 4 is 33.0 Å². The molecule has 0 aromatic rings. The summed E-state index contributed by atoms with van der Waals surface area (Å²) in [6.07, 6.45) is 8.65. The van der Waals surface area contributed by atoms with Gasteiger partial charge < -0.3 is 4.74 Å². The first kappa shape index (κ1) is 24.1. The van der Waals surface area contributed by atoms with Gasteiger partial charge in [0.05, 0.1) is 23.2 Å². The Balaban J connectivity index is 1.58. The van der Waals surface area contributed by atoms with Crippen molar-refractivity contribution in [1.82, 2.24) is 0 Å². The number of ether oxygens (including phenoxy) is 1. The van der Waals surface area contributed by atoms with Gasteiger partial charge in [0.25, 0.3) is 0 Å². The van der Waals surface area contributed by atoms with Crippen molar-refractivity contribution in [3.63, 3.8) is 0 Å². The van der Waals surface area contributed by atoms with Crippen LogP contribution in [0.3, 0.4) is 0 Å². The van der Waals surface area contributed by atoms with Crippen LogP contribution in [0.25, 0.3) is 0 Å². The second kappa shape index (κ2) is 10.8. The van der Waals surface area contributed by atoms with Crippen LogP contribution in [-0.2, 0) is 14.6 Å². The van der Waals surface area contributed by atoms with Gasteiger partial charge in [0.2, 0.25) is 0 Å². The maximum Gasteiger partial charge on any atom is 0.156 e. The van der Waals surface area contributed by atoms with Crippen molar-refractivity contribution in [3.8, 4) is 0 Å². The third kappa shape index (κ3) is 6.02. The van der Waals surface area contributed by atoms with E-state index < -0.39 is 16.0 Å². The minimum absolute atomic E-state index is 0.0228. The van der Waals surface area contributed by atoms with E-state index in [2.05, 4.69) is 0 Å². The summed E-state index contributed by atoms with van der Waals surface area (Å²) in [7, 11) is -3.17. The van der Waals surface area contributed by atoms with Crippen LogP contribution in [0.15, 0.2) is 0 Å². The fraction of sp³-hybridized carbons (Fsp3) is 1.00. The standard InChI is InChI=1S/C22H37Cl2FO3S/c1-2-22(29(26,27)18-11-9-16(23)10-12-18)15-5-3-6-17(13-15)28-14-19-20(24)7-4-8-21(19)25/h15-22H,2-14H2,1H3. The Labute approximate surface area is 186 Å². The smallest absolute Gasteiger partial charge is 0.156 e. The van der Waals surface area contributed by atoms with Crippen LogP contribution >= 0.6 is 23.2 Å². The highest BCUT2D eigenvalue weighted by Gasteiger charge is 2.41. The van der Waals surface area contributed by atoms with Gasteiger partial charge in [-0.15, -0.1) is 23.2 Å². The van der Waals surface area contributed by atoms with Crippen molar-refractivity contribution in [1.29, 1.82) is 0 Å². The summed E-state index contributed by atoms with van der Waals surface area (Å²) in [5, 5.41) is -0.566. The summed E-state index contributed by atoms with van der Waals surface area (Å²) in [5.74, 6) is -0.0981. The molecule has 7 heteroatoms. The molecule has 0 N–H and O–H groups in total. The average Bonchev–Trinajstić information content (AvgIpc) is 2.69. The van der Waals surface area contributed by atoms with E-state index in [9.17, 15) is 12.8 Å². The zero-order chi connectivity index (χ0) is 21.0. The number of halogens is 3. The Morgan fingerprint density at radius 2 is 1.69 bits per heavy atom. The highest BCUT2D eigenvalue weighted by Crippen LogP contribution is 2.38. The van der Waals surface area contributed by atoms with Crippen molar-refractivity contribution < 1.29 is 17.5 Å². The number of hydrogen-bond donors (Lipinski definition) is 0. The van der Waals surface area contributed by atoms with Crippen molar-refractivity contribution in [3.05, 3.63) is 0 Å². The van der Waals surface area contributed by atoms with E-state index >= 15 is 0 Å². The molecule has 0 aromatic carbocycles. The lowest BCUT2D eigenvalue weighted by atomic mass is 9.83. The molecule has 0 radical (unpaired) electrons. The van der Waals surface area contributed by atoms with Gasteiger partial charge in [-0.3, -0.25) is 0 Å². The van der Waals surface area contributed by atoms with Crippen LogP contribution in [0.1, 0.15) is 84.0 Å². The molecule has 3 saturated carbocycles. The molecule has 6 unspecified atom stereocenters. The largest absolute Gasteiger partial charge is 0.378 e. The summed E-state index contributed by atoms with van der Waals surface area (Å²) in [6.45, 7) is 2.35. The van der Waals surface area contributed by atoms with Crippen LogP contribution in [-0.4, -0.2) is 48.6 Å². The highest BCUT2D eigenvalue weighted by atomic mass is 35.5. The number of sulfone groups is 1. The van der Waals surface area contributed by atoms with Crippen LogP contribution in [0.2, 0.25) is 0 Å². The summed E-state index contributed by atoms with van der Waals surface area (Å²) >= 11 is 12.5. The molecule has 0 bridgehead atoms. The summed E-state index contributed by atoms with van der Waals surface area (Å²) in [4.78, 5) is 0. The van der Waals surface area contributed by atoms with Crippen molar-refractivity contribution in [2.75, 3.05) is 6.61 Å². The molecule has 29 heavy (non-hydrogen) atoms. The van der Waals surface area contributed by atoms with Crippen LogP contribution in [0.4, 0.5) is 4.39 Å². The fourth-order valence-electron chi connectivity index (χ4n) is 5.72. The molecule has 0 heterocycles. The van der Waals surface area contributed by atoms with E-state index in [1.54, 1.807) is 0 Å². The van der Waals surface area contributed by atoms with Gasteiger partial charge in [0.15, 0.2) is 9.84 Å². The van der Waals surface area contributed by atoms with Gasteiger partial charge in [-0.1, -0.05) is 13.3 Å². The first-order chi connectivity index (χ1) is 13.8. The number of hydrogen-bond acceptors (Lipinski definition) is 3. The van der Waals surface area contributed by atoms with Gasteiger partial charge in [0.1, 0.15) is 6.17 Å². The normalized spacial score (nSPS) is 40.5. The zero-order valence-electron chi connectivity index (χ0n) is 17.6. The molecule has 0 aliphatic heterocycles. The Morgan fingerprint density at radius 1 is 1.00 bits per heavy atom. The second-order valence-corrected chi connectivity index (χ2v) is 13.0. The summed E-state index contributed by atoms with van der Waals surface area (Å²) in [5.41, 5.74) is 0. The first-order valence-corrected chi connectivity index (χ1v) is 14.1. The van der Waals surface area contributed by atoms with E-state index in [-0.39, 0.29) is 39.2 Å². The van der Waals surface area contributed by atoms with E-state index in [0.717, 1.165) is 51.4 Å². The quantitative estimate of drug-likeness (QED) is 0.425. The Kier molecular flexibility index (Phi) is 8.99. The molecule has 3 aliphatic carbocycles. The van der Waals surface area contributed by atoms with Gasteiger partial charge in [0, 0.05) is 16.7 Å². The second-order valence-electron chi connectivity index (χ2n) is 9.42. The number of alkyl halides is 3. The highest BCUT2D eigenvalue weighted by molar-refractivity contribution is 7.92. The minimum atomic E-state index is -3.17. The Hall–Kier alpha value is 0.420. The van der Waals surface area contributed by atoms with E-state index in [1.165, 1.54) is 0 Å². The maximum absolute atomic E-state index is 14.2. The molecule has 3 rings (SSSR count). The lowest BCUT2D eigenvalue weighted by molar-refractivity contribution is -0.0266. The molecule has 0 saturated heterocycles. The molecule has 3 aliphatic rings. The van der Waals surface area contributed by atoms with Gasteiger partial charge in [-0.05, 0) is 76.5 Å². The van der Waals surface area contributed by atoms with Crippen molar-refractivity contribution in [2.24, 2.45) is 11.8 Å². The van der Waals surface area contributed by atoms with Gasteiger partial charge in [-0.2, -0.15) is 0 Å². The maximum atomic E-state index is 14.2. The summed E-state index contributed by atoms with van der Waals surface area (Å²) in [6, 6.07) is 0. The molecular weight excluding hydrogens is 434 g/mol. The third-order valence-electron chi connectivity index (χ3n) is 7.50. The molecule has 0 amide bonds. The third-order valence-corrected chi connectivity index (χ3v) is 11.4. The van der Waals surface area contributed by atoms with E-state index in [0.29, 0.717) is 32.3 Å². The van der Waals surface area contributed by atoms with Crippen molar-refractivity contribution in [2.45, 2.75) is 118 Å². The minimum Gasteiger partial charge on any atom is -0.378 e. The average molecular weight is 472 g/mol. The molecule has 170 valence electrons. The van der Waals surface area contributed by atoms with Gasteiger partial charge >= 0.3 is 0 Å². The first-order valence-electron chi connectivity index (χ1n) is 11.6. The molecule has 0 spiro atoms. The lowest BCUT2D eigenvalue weighted by Crippen LogP contribution is -2.42. The topological polar surface area (TPSA) is 43.4 Å². The zero-order valence-corrected chi connectivity index (χ0v) is 19.9. The predicted octanol–water partition coefficient (Wildman–Crippen LogP) is 6.05. The fourth-order valence-corrected chi connectivity index (χ4v) is 9.03. The Bertz CT molecular complexity index is 599. The molecule has 3 fully saturated rings. The molecule has 6 atom stereocenters. The SMILES string of the molecule is CCC(C1CCCC(OCC2C(F)CCCC2Cl)C1)S(=O)(=O)C1CCC(Cl)CC1. The van der Waals surface area contributed by atoms with Crippen LogP contribution < -0.4 is 0 Å². The predicted molar refractivity (Wildman–Crippen MR) is 118 cm³/mol. The molecular formula is C22H37Cl2FO3S. The monoisotopic (exact) mass is 470 g/mol. The summed E-state index contributed by atoms with van der Waals surface area (Å²) < 4.78 is 47.1. The Morgan fingerprint density at radius 3 is 2.34 bits per heavy atom. The number of rotatable bonds is 7. The van der Waals surface area contributed by atoms with E-state index in [4.69, 9.17) is 27.9 Å².